The molecule has 0 atom stereocenters. The first-order chi connectivity index (χ1) is 12.7. The van der Waals surface area contributed by atoms with Crippen LogP contribution in [0.25, 0.3) is 0 Å². The molecule has 0 radical (unpaired) electrons. The van der Waals surface area contributed by atoms with Gasteiger partial charge in [0.2, 0.25) is 5.91 Å². The average molecular weight is 374 g/mol. The molecule has 3 rings (SSSR count). The van der Waals surface area contributed by atoms with Crippen molar-refractivity contribution in [1.29, 1.82) is 0 Å². The second kappa shape index (κ2) is 9.74. The van der Waals surface area contributed by atoms with E-state index in [2.05, 4.69) is 29.6 Å². The quantitative estimate of drug-likeness (QED) is 0.698. The highest BCUT2D eigenvalue weighted by Gasteiger charge is 2.15. The van der Waals surface area contributed by atoms with Gasteiger partial charge in [-0.05, 0) is 29.8 Å². The van der Waals surface area contributed by atoms with Gasteiger partial charge in [0.1, 0.15) is 12.4 Å². The van der Waals surface area contributed by atoms with Gasteiger partial charge in [0.05, 0.1) is 13.1 Å². The van der Waals surface area contributed by atoms with Crippen LogP contribution in [-0.2, 0) is 17.9 Å². The summed E-state index contributed by atoms with van der Waals surface area (Å²) in [7, 11) is 0. The first-order valence-electron chi connectivity index (χ1n) is 9.25. The summed E-state index contributed by atoms with van der Waals surface area (Å²) in [5, 5.41) is 2.97. The van der Waals surface area contributed by atoms with E-state index in [0.29, 0.717) is 18.7 Å². The number of rotatable bonds is 8. The highest BCUT2D eigenvalue weighted by molar-refractivity contribution is 7.99. The third-order valence-electron chi connectivity index (χ3n) is 4.69. The molecule has 2 aromatic rings. The summed E-state index contributed by atoms with van der Waals surface area (Å²) in [5.41, 5.74) is 2.50. The summed E-state index contributed by atoms with van der Waals surface area (Å²) in [6.45, 7) is 4.24. The topological polar surface area (TPSA) is 33.5 Å². The Balaban J connectivity index is 1.35. The number of carbonyl (C=O) groups excluding carboxylic acids is 1. The van der Waals surface area contributed by atoms with Crippen LogP contribution < -0.4 is 10.2 Å². The molecule has 0 saturated carbocycles. The average Bonchev–Trinajstić information content (AvgIpc) is 3.16. The van der Waals surface area contributed by atoms with Crippen molar-refractivity contribution in [2.24, 2.45) is 0 Å². The Morgan fingerprint density at radius 2 is 1.65 bits per heavy atom. The van der Waals surface area contributed by atoms with Gasteiger partial charge in [-0.15, -0.1) is 11.8 Å². The summed E-state index contributed by atoms with van der Waals surface area (Å²) >= 11 is 1.57. The van der Waals surface area contributed by atoms with Gasteiger partial charge in [-0.2, -0.15) is 0 Å². The Morgan fingerprint density at radius 1 is 1.00 bits per heavy atom. The monoisotopic (exact) mass is 373 g/mol. The molecule has 5 heteroatoms. The highest BCUT2D eigenvalue weighted by Crippen LogP contribution is 2.18. The van der Waals surface area contributed by atoms with Gasteiger partial charge < -0.3 is 10.2 Å². The van der Waals surface area contributed by atoms with E-state index < -0.39 is 0 Å². The number of benzene rings is 2. The van der Waals surface area contributed by atoms with E-state index in [9.17, 15) is 9.18 Å². The predicted molar refractivity (Wildman–Crippen MR) is 104 cm³/mol. The first kappa shape index (κ1) is 18.9. The number of halogens is 1. The molecule has 1 fully saturated rings. The minimum atomic E-state index is -0.236. The van der Waals surface area contributed by atoms with Crippen LogP contribution in [0.15, 0.2) is 53.4 Å². The van der Waals surface area contributed by atoms with Crippen molar-refractivity contribution in [3.05, 3.63) is 65.5 Å². The number of quaternary nitrogens is 1. The molecule has 1 saturated heterocycles. The third kappa shape index (κ3) is 6.15. The molecule has 1 heterocycles. The van der Waals surface area contributed by atoms with E-state index in [1.807, 2.05) is 0 Å². The maximum Gasteiger partial charge on any atom is 0.221 e. The van der Waals surface area contributed by atoms with Crippen molar-refractivity contribution in [3.63, 3.8) is 0 Å². The molecule has 0 bridgehead atoms. The lowest BCUT2D eigenvalue weighted by atomic mass is 10.1. The highest BCUT2D eigenvalue weighted by atomic mass is 32.2. The van der Waals surface area contributed by atoms with Gasteiger partial charge in [-0.25, -0.2) is 4.39 Å². The first-order valence-corrected chi connectivity index (χ1v) is 10.2. The molecule has 2 N–H and O–H groups in total. The van der Waals surface area contributed by atoms with E-state index in [1.165, 1.54) is 43.6 Å². The standard InChI is InChI=1S/C21H25FN2OS/c22-19-7-9-20(10-8-19)26-14-11-21(25)23-15-17-3-5-18(6-4-17)16-24-12-1-2-13-24/h3-10H,1-2,11-16H2,(H,23,25)/p+1. The predicted octanol–water partition coefficient (Wildman–Crippen LogP) is 2.80. The number of nitrogens with one attached hydrogen (secondary N) is 2. The molecule has 2 aromatic carbocycles. The van der Waals surface area contributed by atoms with E-state index in [0.717, 1.165) is 17.0 Å². The van der Waals surface area contributed by atoms with Gasteiger partial charge >= 0.3 is 0 Å². The fourth-order valence-electron chi connectivity index (χ4n) is 3.20. The van der Waals surface area contributed by atoms with Crippen molar-refractivity contribution in [3.8, 4) is 0 Å². The van der Waals surface area contributed by atoms with Crippen LogP contribution in [0.5, 0.6) is 0 Å². The maximum atomic E-state index is 12.9. The fraction of sp³-hybridized carbons (Fsp3) is 0.381. The van der Waals surface area contributed by atoms with Crippen LogP contribution in [0.1, 0.15) is 30.4 Å². The minimum Gasteiger partial charge on any atom is -0.352 e. The Bertz CT molecular complexity index is 697. The molecular formula is C21H26FN2OS+. The number of carbonyl (C=O) groups is 1. The Labute approximate surface area is 159 Å². The zero-order valence-corrected chi connectivity index (χ0v) is 15.8. The molecule has 138 valence electrons. The molecule has 0 aromatic heterocycles. The van der Waals surface area contributed by atoms with Crippen molar-refractivity contribution in [2.75, 3.05) is 18.8 Å². The fourth-order valence-corrected chi connectivity index (χ4v) is 4.05. The second-order valence-electron chi connectivity index (χ2n) is 6.78. The summed E-state index contributed by atoms with van der Waals surface area (Å²) in [6, 6.07) is 14.9. The molecule has 0 spiro atoms. The number of hydrogen-bond acceptors (Lipinski definition) is 2. The summed E-state index contributed by atoms with van der Waals surface area (Å²) < 4.78 is 12.9. The molecule has 0 unspecified atom stereocenters. The van der Waals surface area contributed by atoms with E-state index in [-0.39, 0.29) is 11.7 Å². The van der Waals surface area contributed by atoms with Crippen LogP contribution in [0.3, 0.4) is 0 Å². The lowest BCUT2D eigenvalue weighted by molar-refractivity contribution is -0.901. The molecule has 1 aliphatic rings. The van der Waals surface area contributed by atoms with E-state index in [4.69, 9.17) is 0 Å². The Morgan fingerprint density at radius 3 is 2.35 bits per heavy atom. The lowest BCUT2D eigenvalue weighted by Gasteiger charge is -2.12. The van der Waals surface area contributed by atoms with Crippen LogP contribution in [-0.4, -0.2) is 24.7 Å². The second-order valence-corrected chi connectivity index (χ2v) is 7.95. The number of hydrogen-bond donors (Lipinski definition) is 2. The normalized spacial score (nSPS) is 14.5. The Hall–Kier alpha value is -1.85. The van der Waals surface area contributed by atoms with Gasteiger partial charge in [-0.1, -0.05) is 24.3 Å². The third-order valence-corrected chi connectivity index (χ3v) is 5.70. The maximum absolute atomic E-state index is 12.9. The van der Waals surface area contributed by atoms with Crippen molar-refractivity contribution in [1.82, 2.24) is 5.32 Å². The zero-order valence-electron chi connectivity index (χ0n) is 15.0. The number of thioether (sulfide) groups is 1. The zero-order chi connectivity index (χ0) is 18.2. The van der Waals surface area contributed by atoms with Crippen LogP contribution >= 0.6 is 11.8 Å². The molecular weight excluding hydrogens is 347 g/mol. The minimum absolute atomic E-state index is 0.0465. The van der Waals surface area contributed by atoms with Crippen LogP contribution in [0, 0.1) is 5.82 Å². The van der Waals surface area contributed by atoms with Crippen molar-refractivity contribution >= 4 is 17.7 Å². The molecule has 1 amide bonds. The van der Waals surface area contributed by atoms with Crippen molar-refractivity contribution in [2.45, 2.75) is 37.2 Å². The molecule has 0 aliphatic carbocycles. The van der Waals surface area contributed by atoms with Crippen LogP contribution in [0.4, 0.5) is 4.39 Å². The SMILES string of the molecule is O=C(CCSc1ccc(F)cc1)NCc1ccc(C[NH+]2CCCC2)cc1. The van der Waals surface area contributed by atoms with Gasteiger partial charge in [0.15, 0.2) is 0 Å². The Kier molecular flexibility index (Phi) is 7.09. The summed E-state index contributed by atoms with van der Waals surface area (Å²) in [4.78, 5) is 14.6. The van der Waals surface area contributed by atoms with E-state index in [1.54, 1.807) is 28.8 Å². The van der Waals surface area contributed by atoms with Gasteiger partial charge in [0.25, 0.3) is 0 Å². The van der Waals surface area contributed by atoms with Crippen LogP contribution in [0.2, 0.25) is 0 Å². The van der Waals surface area contributed by atoms with Gasteiger partial charge in [0, 0.05) is 42.0 Å². The smallest absolute Gasteiger partial charge is 0.221 e. The molecule has 26 heavy (non-hydrogen) atoms. The lowest BCUT2D eigenvalue weighted by Crippen LogP contribution is -3.08. The molecule has 1 aliphatic heterocycles. The number of likely N-dealkylation sites (tertiary alicyclic amines) is 1. The van der Waals surface area contributed by atoms with Crippen molar-refractivity contribution < 1.29 is 14.1 Å². The summed E-state index contributed by atoms with van der Waals surface area (Å²) in [6.07, 6.45) is 3.15. The molecule has 3 nitrogen and oxygen atoms in total. The number of amides is 1. The largest absolute Gasteiger partial charge is 0.352 e. The van der Waals surface area contributed by atoms with E-state index >= 15 is 0 Å². The summed E-state index contributed by atoms with van der Waals surface area (Å²) in [5.74, 6) is 0.500. The van der Waals surface area contributed by atoms with Gasteiger partial charge in [-0.3, -0.25) is 4.79 Å².